The van der Waals surface area contributed by atoms with Crippen LogP contribution in [0.5, 0.6) is 0 Å². The minimum atomic E-state index is -0.823. The molecule has 2 aromatic carbocycles. The third-order valence-electron chi connectivity index (χ3n) is 7.95. The molecular formula is C30H31FN4O2. The normalized spacial score (nSPS) is 21.1. The summed E-state index contributed by atoms with van der Waals surface area (Å²) in [7, 11) is 0. The van der Waals surface area contributed by atoms with E-state index in [4.69, 9.17) is 0 Å². The molecule has 0 bridgehead atoms. The molecule has 0 radical (unpaired) electrons. The lowest BCUT2D eigenvalue weighted by molar-refractivity contribution is -0.124. The van der Waals surface area contributed by atoms with Crippen LogP contribution < -0.4 is 15.1 Å². The maximum absolute atomic E-state index is 14.4. The second-order valence-corrected chi connectivity index (χ2v) is 10.3. The van der Waals surface area contributed by atoms with Gasteiger partial charge < -0.3 is 10.2 Å². The number of benzene rings is 2. The Hall–Kier alpha value is -3.58. The van der Waals surface area contributed by atoms with Crippen LogP contribution in [0.3, 0.4) is 0 Å². The topological polar surface area (TPSA) is 65.5 Å². The summed E-state index contributed by atoms with van der Waals surface area (Å²) in [6.07, 6.45) is 8.63. The minimum Gasteiger partial charge on any atom is -0.307 e. The smallest absolute Gasteiger partial charge is 0.255 e. The highest BCUT2D eigenvalue weighted by atomic mass is 19.1. The fourth-order valence-corrected chi connectivity index (χ4v) is 6.22. The van der Waals surface area contributed by atoms with Crippen molar-refractivity contribution >= 4 is 23.2 Å². The van der Waals surface area contributed by atoms with E-state index in [9.17, 15) is 14.0 Å². The Bertz CT molecular complexity index is 1300. The van der Waals surface area contributed by atoms with Crippen molar-refractivity contribution in [2.45, 2.75) is 63.1 Å². The predicted molar refractivity (Wildman–Crippen MR) is 141 cm³/mol. The van der Waals surface area contributed by atoms with Gasteiger partial charge in [-0.1, -0.05) is 49.6 Å². The zero-order valence-electron chi connectivity index (χ0n) is 20.8. The van der Waals surface area contributed by atoms with Crippen molar-refractivity contribution in [3.63, 3.8) is 0 Å². The monoisotopic (exact) mass is 498 g/mol. The molecule has 2 amide bonds. The zero-order chi connectivity index (χ0) is 25.4. The molecule has 6 nitrogen and oxygen atoms in total. The van der Waals surface area contributed by atoms with Gasteiger partial charge >= 0.3 is 0 Å². The first-order chi connectivity index (χ1) is 18.1. The third-order valence-corrected chi connectivity index (χ3v) is 7.95. The summed E-state index contributed by atoms with van der Waals surface area (Å²) in [4.78, 5) is 35.8. The quantitative estimate of drug-likeness (QED) is 0.534. The van der Waals surface area contributed by atoms with Gasteiger partial charge in [0.25, 0.3) is 5.91 Å². The van der Waals surface area contributed by atoms with Crippen molar-refractivity contribution in [2.24, 2.45) is 0 Å². The van der Waals surface area contributed by atoms with E-state index in [1.54, 1.807) is 18.3 Å². The lowest BCUT2D eigenvalue weighted by atomic mass is 9.94. The molecule has 1 aromatic heterocycles. The third kappa shape index (κ3) is 4.53. The molecule has 6 rings (SSSR count). The number of carbonyl (C=O) groups is 2. The van der Waals surface area contributed by atoms with Gasteiger partial charge in [-0.3, -0.25) is 19.5 Å². The van der Waals surface area contributed by atoms with Crippen LogP contribution in [0.4, 0.5) is 15.8 Å². The van der Waals surface area contributed by atoms with Gasteiger partial charge in [-0.25, -0.2) is 4.39 Å². The van der Waals surface area contributed by atoms with Crippen LogP contribution in [-0.4, -0.2) is 35.4 Å². The van der Waals surface area contributed by atoms with Crippen molar-refractivity contribution in [1.29, 1.82) is 0 Å². The second kappa shape index (κ2) is 10.1. The number of carbonyl (C=O) groups excluding carboxylic acids is 2. The number of rotatable bonds is 6. The Morgan fingerprint density at radius 2 is 1.86 bits per heavy atom. The summed E-state index contributed by atoms with van der Waals surface area (Å²) < 4.78 is 14.4. The summed E-state index contributed by atoms with van der Waals surface area (Å²) >= 11 is 0. The Morgan fingerprint density at radius 3 is 2.68 bits per heavy atom. The molecule has 1 N–H and O–H groups in total. The van der Waals surface area contributed by atoms with Gasteiger partial charge in [0.2, 0.25) is 5.91 Å². The first kappa shape index (κ1) is 23.8. The average molecular weight is 499 g/mol. The molecule has 2 unspecified atom stereocenters. The summed E-state index contributed by atoms with van der Waals surface area (Å²) in [6, 6.07) is 17.1. The maximum atomic E-state index is 14.4. The SMILES string of the molecule is O=C1C(N(C(=O)CNC2Cc3cccnc3C2)c2cccc(F)c2)c2ccccc2N1C1CCCCC1. The van der Waals surface area contributed by atoms with Gasteiger partial charge in [0.05, 0.1) is 6.54 Å². The van der Waals surface area contributed by atoms with Crippen molar-refractivity contribution in [3.8, 4) is 0 Å². The first-order valence-electron chi connectivity index (χ1n) is 13.3. The molecule has 1 fully saturated rings. The number of amides is 2. The van der Waals surface area contributed by atoms with Gasteiger partial charge in [-0.15, -0.1) is 0 Å². The van der Waals surface area contributed by atoms with Crippen molar-refractivity contribution in [1.82, 2.24) is 10.3 Å². The fourth-order valence-electron chi connectivity index (χ4n) is 6.22. The summed E-state index contributed by atoms with van der Waals surface area (Å²) in [5.74, 6) is -0.806. The van der Waals surface area contributed by atoms with E-state index < -0.39 is 11.9 Å². The van der Waals surface area contributed by atoms with Crippen LogP contribution in [0.25, 0.3) is 0 Å². The number of anilines is 2. The van der Waals surface area contributed by atoms with Crippen LogP contribution in [0, 0.1) is 5.82 Å². The molecule has 0 spiro atoms. The fraction of sp³-hybridized carbons (Fsp3) is 0.367. The zero-order valence-corrected chi connectivity index (χ0v) is 20.8. The van der Waals surface area contributed by atoms with E-state index in [-0.39, 0.29) is 30.4 Å². The number of para-hydroxylation sites is 1. The summed E-state index contributed by atoms with van der Waals surface area (Å²) in [6.45, 7) is 0.0462. The Kier molecular flexibility index (Phi) is 6.47. The largest absolute Gasteiger partial charge is 0.307 e. The van der Waals surface area contributed by atoms with Gasteiger partial charge in [0.1, 0.15) is 11.9 Å². The number of hydrogen-bond acceptors (Lipinski definition) is 4. The summed E-state index contributed by atoms with van der Waals surface area (Å²) in [5.41, 5.74) is 4.30. The standard InChI is InChI=1S/C30H31FN4O2/c31-21-9-6-12-24(17-21)35(28(36)19-33-22-16-20-8-7-15-32-26(20)18-22)29-25-13-4-5-14-27(25)34(30(29)37)23-10-2-1-3-11-23/h4-9,12-15,17,22-23,29,33H,1-3,10-11,16,18-19H2. The van der Waals surface area contributed by atoms with Crippen LogP contribution in [0.15, 0.2) is 66.9 Å². The van der Waals surface area contributed by atoms with E-state index in [1.165, 1.54) is 29.0 Å². The Morgan fingerprint density at radius 1 is 1.03 bits per heavy atom. The molecule has 1 aliphatic heterocycles. The number of pyridine rings is 1. The lowest BCUT2D eigenvalue weighted by Gasteiger charge is -2.33. The van der Waals surface area contributed by atoms with Gasteiger partial charge in [-0.05, 0) is 55.2 Å². The van der Waals surface area contributed by atoms with Crippen LogP contribution in [-0.2, 0) is 22.4 Å². The van der Waals surface area contributed by atoms with E-state index in [0.717, 1.165) is 55.5 Å². The molecule has 0 saturated heterocycles. The highest BCUT2D eigenvalue weighted by Gasteiger charge is 2.45. The number of hydrogen-bond donors (Lipinski definition) is 1. The number of aromatic nitrogens is 1. The Balaban J connectivity index is 1.30. The van der Waals surface area contributed by atoms with E-state index in [2.05, 4.69) is 16.4 Å². The predicted octanol–water partition coefficient (Wildman–Crippen LogP) is 4.73. The molecule has 2 atom stereocenters. The Labute approximate surface area is 216 Å². The number of fused-ring (bicyclic) bond motifs is 2. The molecule has 2 heterocycles. The van der Waals surface area contributed by atoms with E-state index in [1.807, 2.05) is 35.2 Å². The van der Waals surface area contributed by atoms with Crippen LogP contribution >= 0.6 is 0 Å². The minimum absolute atomic E-state index is 0.0462. The molecular weight excluding hydrogens is 467 g/mol. The van der Waals surface area contributed by atoms with E-state index >= 15 is 0 Å². The first-order valence-corrected chi connectivity index (χ1v) is 13.3. The number of nitrogens with one attached hydrogen (secondary N) is 1. The number of nitrogens with zero attached hydrogens (tertiary/aromatic N) is 3. The highest BCUT2D eigenvalue weighted by molar-refractivity contribution is 6.12. The molecule has 3 aromatic rings. The molecule has 190 valence electrons. The second-order valence-electron chi connectivity index (χ2n) is 10.3. The van der Waals surface area contributed by atoms with Crippen molar-refractivity contribution in [3.05, 3.63) is 89.5 Å². The lowest BCUT2D eigenvalue weighted by Crippen LogP contribution is -2.48. The summed E-state index contributed by atoms with van der Waals surface area (Å²) in [5, 5.41) is 3.38. The van der Waals surface area contributed by atoms with E-state index in [0.29, 0.717) is 5.69 Å². The molecule has 3 aliphatic rings. The molecule has 37 heavy (non-hydrogen) atoms. The van der Waals surface area contributed by atoms with Gasteiger partial charge in [-0.2, -0.15) is 0 Å². The highest BCUT2D eigenvalue weighted by Crippen LogP contribution is 2.44. The molecule has 7 heteroatoms. The molecule has 1 saturated carbocycles. The average Bonchev–Trinajstić information content (AvgIpc) is 3.46. The molecule has 2 aliphatic carbocycles. The van der Waals surface area contributed by atoms with Gasteiger partial charge in [0, 0.05) is 47.3 Å². The van der Waals surface area contributed by atoms with Crippen molar-refractivity contribution < 1.29 is 14.0 Å². The van der Waals surface area contributed by atoms with Crippen molar-refractivity contribution in [2.75, 3.05) is 16.3 Å². The van der Waals surface area contributed by atoms with Gasteiger partial charge in [0.15, 0.2) is 0 Å². The number of halogens is 1. The van der Waals surface area contributed by atoms with Crippen LogP contribution in [0.1, 0.15) is 55.0 Å². The maximum Gasteiger partial charge on any atom is 0.255 e. The van der Waals surface area contributed by atoms with Crippen LogP contribution in [0.2, 0.25) is 0 Å².